The van der Waals surface area contributed by atoms with Gasteiger partial charge in [-0.05, 0) is 64.2 Å². The Morgan fingerprint density at radius 2 is 1.71 bits per heavy atom. The lowest BCUT2D eigenvalue weighted by Gasteiger charge is -2.29. The molecule has 1 saturated carbocycles. The second-order valence-corrected chi connectivity index (χ2v) is 12.4. The number of carbonyl (C=O) groups is 4. The molecule has 1 aromatic heterocycles. The summed E-state index contributed by atoms with van der Waals surface area (Å²) >= 11 is 1.29. The summed E-state index contributed by atoms with van der Waals surface area (Å²) in [5.41, 5.74) is 1.96. The highest BCUT2D eigenvalue weighted by Crippen LogP contribution is 2.28. The summed E-state index contributed by atoms with van der Waals surface area (Å²) < 4.78 is 5.40. The maximum absolute atomic E-state index is 13.8. The van der Waals surface area contributed by atoms with Crippen molar-refractivity contribution in [1.82, 2.24) is 20.5 Å². The maximum atomic E-state index is 13.8. The summed E-state index contributed by atoms with van der Waals surface area (Å²) in [5, 5.41) is 10.8. The Morgan fingerprint density at radius 1 is 1.00 bits per heavy atom. The van der Waals surface area contributed by atoms with Crippen LogP contribution in [0.4, 0.5) is 9.93 Å². The van der Waals surface area contributed by atoms with Gasteiger partial charge in [-0.2, -0.15) is 0 Å². The van der Waals surface area contributed by atoms with E-state index in [9.17, 15) is 19.2 Å². The van der Waals surface area contributed by atoms with Crippen molar-refractivity contribution < 1.29 is 23.9 Å². The lowest BCUT2D eigenvalue weighted by molar-refractivity contribution is -0.138. The Labute approximate surface area is 248 Å². The van der Waals surface area contributed by atoms with Gasteiger partial charge in [-0.1, -0.05) is 42.5 Å². The van der Waals surface area contributed by atoms with E-state index in [0.29, 0.717) is 47.4 Å². The van der Waals surface area contributed by atoms with Crippen molar-refractivity contribution >= 4 is 40.3 Å². The monoisotopic (exact) mass is 589 g/mol. The Kier molecular flexibility index (Phi) is 8.58. The van der Waals surface area contributed by atoms with Crippen LogP contribution in [-0.4, -0.2) is 57.9 Å². The molecule has 11 heteroatoms. The molecule has 3 N–H and O–H groups in total. The minimum atomic E-state index is -1.00. The zero-order valence-electron chi connectivity index (χ0n) is 23.9. The van der Waals surface area contributed by atoms with E-state index in [1.165, 1.54) is 16.2 Å². The molecule has 0 spiro atoms. The van der Waals surface area contributed by atoms with Crippen LogP contribution in [-0.2, 0) is 14.3 Å². The predicted molar refractivity (Wildman–Crippen MR) is 160 cm³/mol. The first-order chi connectivity index (χ1) is 20.1. The van der Waals surface area contributed by atoms with E-state index >= 15 is 0 Å². The second kappa shape index (κ2) is 12.3. The van der Waals surface area contributed by atoms with Gasteiger partial charge < -0.3 is 25.6 Å². The van der Waals surface area contributed by atoms with Crippen LogP contribution in [0, 0.1) is 0 Å². The van der Waals surface area contributed by atoms with Crippen molar-refractivity contribution in [3.63, 3.8) is 0 Å². The number of nitrogens with one attached hydrogen (secondary N) is 3. The fraction of sp³-hybridized carbons (Fsp3) is 0.387. The van der Waals surface area contributed by atoms with Gasteiger partial charge in [0.25, 0.3) is 11.8 Å². The van der Waals surface area contributed by atoms with Crippen LogP contribution in [0.5, 0.6) is 0 Å². The molecule has 5 rings (SSSR count). The molecule has 2 aromatic carbocycles. The van der Waals surface area contributed by atoms with E-state index in [1.807, 2.05) is 23.6 Å². The number of nitrogens with zero attached hydrogens (tertiary/aromatic N) is 2. The number of alkyl carbamates (subject to hydrolysis) is 1. The predicted octanol–water partition coefficient (Wildman–Crippen LogP) is 4.90. The molecule has 4 amide bonds. The summed E-state index contributed by atoms with van der Waals surface area (Å²) in [5.74, 6) is -0.796. The fourth-order valence-electron chi connectivity index (χ4n) is 4.77. The van der Waals surface area contributed by atoms with E-state index < -0.39 is 23.8 Å². The average molecular weight is 590 g/mol. The SMILES string of the molecule is CC(C)(C)OC(=O)N[C@@H](C(=O)N1CCCC1C(=O)Nc1nc(-c2ccc(C(=O)NC3CC3)cc2)cs1)c1ccccc1. The highest BCUT2D eigenvalue weighted by molar-refractivity contribution is 7.14. The first-order valence-electron chi connectivity index (χ1n) is 14.1. The van der Waals surface area contributed by atoms with Crippen molar-refractivity contribution in [2.75, 3.05) is 11.9 Å². The van der Waals surface area contributed by atoms with Gasteiger partial charge >= 0.3 is 6.09 Å². The number of likely N-dealkylation sites (tertiary alicyclic amines) is 1. The summed E-state index contributed by atoms with van der Waals surface area (Å²) in [6.45, 7) is 5.64. The van der Waals surface area contributed by atoms with Gasteiger partial charge in [0.15, 0.2) is 5.13 Å². The molecule has 1 aliphatic heterocycles. The van der Waals surface area contributed by atoms with Crippen molar-refractivity contribution in [2.24, 2.45) is 0 Å². The summed E-state index contributed by atoms with van der Waals surface area (Å²) in [6, 6.07) is 14.7. The molecule has 2 atom stereocenters. The molecule has 42 heavy (non-hydrogen) atoms. The minimum absolute atomic E-state index is 0.0817. The van der Waals surface area contributed by atoms with Gasteiger partial charge in [0.2, 0.25) is 5.91 Å². The largest absolute Gasteiger partial charge is 0.444 e. The molecular formula is C31H35N5O5S. The number of rotatable bonds is 8. The molecule has 1 unspecified atom stereocenters. The van der Waals surface area contributed by atoms with Crippen LogP contribution >= 0.6 is 11.3 Å². The number of thiazole rings is 1. The minimum Gasteiger partial charge on any atom is -0.444 e. The van der Waals surface area contributed by atoms with Gasteiger partial charge in [-0.25, -0.2) is 9.78 Å². The normalized spacial score (nSPS) is 17.3. The van der Waals surface area contributed by atoms with Crippen LogP contribution in [0.25, 0.3) is 11.3 Å². The number of carbonyl (C=O) groups excluding carboxylic acids is 4. The lowest BCUT2D eigenvalue weighted by atomic mass is 10.0. The Morgan fingerprint density at radius 3 is 2.38 bits per heavy atom. The number of benzene rings is 2. The maximum Gasteiger partial charge on any atom is 0.408 e. The topological polar surface area (TPSA) is 130 Å². The van der Waals surface area contributed by atoms with E-state index in [4.69, 9.17) is 4.74 Å². The molecule has 2 aliphatic rings. The van der Waals surface area contributed by atoms with Crippen molar-refractivity contribution in [1.29, 1.82) is 0 Å². The highest BCUT2D eigenvalue weighted by Gasteiger charge is 2.39. The van der Waals surface area contributed by atoms with E-state index in [0.717, 1.165) is 18.4 Å². The fourth-order valence-corrected chi connectivity index (χ4v) is 5.49. The summed E-state index contributed by atoms with van der Waals surface area (Å²) in [7, 11) is 0. The molecule has 1 aliphatic carbocycles. The highest BCUT2D eigenvalue weighted by atomic mass is 32.1. The molecular weight excluding hydrogens is 554 g/mol. The van der Waals surface area contributed by atoms with Crippen LogP contribution in [0.3, 0.4) is 0 Å². The second-order valence-electron chi connectivity index (χ2n) is 11.5. The number of hydrogen-bond donors (Lipinski definition) is 3. The van der Waals surface area contributed by atoms with Gasteiger partial charge in [0, 0.05) is 29.1 Å². The van der Waals surface area contributed by atoms with Crippen LogP contribution in [0.1, 0.15) is 68.4 Å². The van der Waals surface area contributed by atoms with Crippen molar-refractivity contribution in [2.45, 2.75) is 70.2 Å². The van der Waals surface area contributed by atoms with Crippen molar-refractivity contribution in [3.05, 3.63) is 71.1 Å². The molecule has 2 heterocycles. The third-order valence-electron chi connectivity index (χ3n) is 6.97. The number of anilines is 1. The third-order valence-corrected chi connectivity index (χ3v) is 7.73. The number of hydrogen-bond acceptors (Lipinski definition) is 7. The van der Waals surface area contributed by atoms with Gasteiger partial charge in [-0.15, -0.1) is 11.3 Å². The Bertz CT molecular complexity index is 1450. The van der Waals surface area contributed by atoms with E-state index in [2.05, 4.69) is 20.9 Å². The summed E-state index contributed by atoms with van der Waals surface area (Å²) in [6.07, 6.45) is 2.49. The average Bonchev–Trinajstić information content (AvgIpc) is 3.42. The Balaban J connectivity index is 1.25. The smallest absolute Gasteiger partial charge is 0.408 e. The number of ether oxygens (including phenoxy) is 1. The zero-order chi connectivity index (χ0) is 29.9. The third kappa shape index (κ3) is 7.33. The van der Waals surface area contributed by atoms with E-state index in [1.54, 1.807) is 57.2 Å². The van der Waals surface area contributed by atoms with Crippen LogP contribution in [0.2, 0.25) is 0 Å². The molecule has 220 valence electrons. The van der Waals surface area contributed by atoms with Gasteiger partial charge in [0.05, 0.1) is 5.69 Å². The molecule has 3 aromatic rings. The zero-order valence-corrected chi connectivity index (χ0v) is 24.7. The number of aromatic nitrogens is 1. The summed E-state index contributed by atoms with van der Waals surface area (Å²) in [4.78, 5) is 58.1. The quantitative estimate of drug-likeness (QED) is 0.343. The molecule has 0 bridgehead atoms. The van der Waals surface area contributed by atoms with Gasteiger partial charge in [-0.3, -0.25) is 14.4 Å². The van der Waals surface area contributed by atoms with Crippen molar-refractivity contribution in [3.8, 4) is 11.3 Å². The molecule has 10 nitrogen and oxygen atoms in total. The standard InChI is InChI=1S/C31H35N5O5S/c1-31(2,3)41-30(40)34-25(20-8-5-4-6-9-20)28(39)36-17-7-10-24(36)27(38)35-29-33-23(18-42-29)19-11-13-21(14-12-19)26(37)32-22-15-16-22/h4-6,8-9,11-14,18,22,24-25H,7,10,15-17H2,1-3H3,(H,32,37)(H,34,40)(H,33,35,38)/t24?,25-/m1/s1. The van der Waals surface area contributed by atoms with Crippen LogP contribution < -0.4 is 16.0 Å². The first-order valence-corrected chi connectivity index (χ1v) is 15.0. The first kappa shape index (κ1) is 29.2. The van der Waals surface area contributed by atoms with E-state index in [-0.39, 0.29) is 17.7 Å². The lowest BCUT2D eigenvalue weighted by Crippen LogP contribution is -2.49. The van der Waals surface area contributed by atoms with Crippen LogP contribution in [0.15, 0.2) is 60.0 Å². The Hall–Kier alpha value is -4.25. The molecule has 0 radical (unpaired) electrons. The van der Waals surface area contributed by atoms with Gasteiger partial charge in [0.1, 0.15) is 17.7 Å². The number of amides is 4. The molecule has 1 saturated heterocycles. The molecule has 2 fully saturated rings.